The lowest BCUT2D eigenvalue weighted by molar-refractivity contribution is -0.112. The molecule has 0 unspecified atom stereocenters. The highest BCUT2D eigenvalue weighted by atomic mass is 16.1. The van der Waals surface area contributed by atoms with Crippen LogP contribution in [0, 0.1) is 0 Å². The highest BCUT2D eigenvalue weighted by Gasteiger charge is 2.12. The Balaban J connectivity index is 3.00. The third-order valence-corrected chi connectivity index (χ3v) is 2.63. The average molecular weight is 216 g/mol. The SMILES string of the molecule is CC(=O)/C=C(/C)c1ccc(C(C)(C)C)cc1. The van der Waals surface area contributed by atoms with E-state index in [1.165, 1.54) is 5.56 Å². The molecular weight excluding hydrogens is 196 g/mol. The zero-order valence-corrected chi connectivity index (χ0v) is 10.8. The first-order valence-electron chi connectivity index (χ1n) is 5.60. The van der Waals surface area contributed by atoms with Gasteiger partial charge in [0, 0.05) is 0 Å². The van der Waals surface area contributed by atoms with Crippen LogP contribution in [-0.2, 0) is 10.2 Å². The lowest BCUT2D eigenvalue weighted by Gasteiger charge is -2.19. The van der Waals surface area contributed by atoms with Gasteiger partial charge in [0.2, 0.25) is 0 Å². The third kappa shape index (κ3) is 3.34. The predicted molar refractivity (Wildman–Crippen MR) is 69.5 cm³/mol. The molecule has 0 spiro atoms. The molecule has 0 N–H and O–H groups in total. The minimum absolute atomic E-state index is 0.0948. The van der Waals surface area contributed by atoms with Gasteiger partial charge in [-0.15, -0.1) is 0 Å². The molecule has 0 radical (unpaired) electrons. The highest BCUT2D eigenvalue weighted by molar-refractivity contribution is 5.94. The fourth-order valence-electron chi connectivity index (χ4n) is 1.62. The van der Waals surface area contributed by atoms with Gasteiger partial charge in [0.25, 0.3) is 0 Å². The number of carbonyl (C=O) groups is 1. The van der Waals surface area contributed by atoms with Crippen molar-refractivity contribution in [3.63, 3.8) is 0 Å². The molecule has 0 aliphatic carbocycles. The first-order chi connectivity index (χ1) is 7.30. The van der Waals surface area contributed by atoms with Gasteiger partial charge in [-0.25, -0.2) is 0 Å². The maximum Gasteiger partial charge on any atom is 0.152 e. The number of ketones is 1. The number of benzene rings is 1. The summed E-state index contributed by atoms with van der Waals surface area (Å²) in [6.07, 6.45) is 1.67. The van der Waals surface area contributed by atoms with Crippen molar-refractivity contribution in [1.82, 2.24) is 0 Å². The van der Waals surface area contributed by atoms with Crippen LogP contribution >= 0.6 is 0 Å². The largest absolute Gasteiger partial charge is 0.295 e. The summed E-state index contributed by atoms with van der Waals surface area (Å²) >= 11 is 0. The molecule has 0 amide bonds. The Morgan fingerprint density at radius 1 is 1.06 bits per heavy atom. The van der Waals surface area contributed by atoms with E-state index in [9.17, 15) is 4.79 Å². The van der Waals surface area contributed by atoms with Crippen molar-refractivity contribution in [3.05, 3.63) is 41.5 Å². The van der Waals surface area contributed by atoms with Crippen molar-refractivity contribution >= 4 is 11.4 Å². The lowest BCUT2D eigenvalue weighted by Crippen LogP contribution is -2.10. The highest BCUT2D eigenvalue weighted by Crippen LogP contribution is 2.24. The van der Waals surface area contributed by atoms with Gasteiger partial charge in [0.1, 0.15) is 0 Å². The average Bonchev–Trinajstić information content (AvgIpc) is 2.15. The summed E-state index contributed by atoms with van der Waals surface area (Å²) in [5.41, 5.74) is 3.62. The van der Waals surface area contributed by atoms with Gasteiger partial charge in [0.15, 0.2) is 5.78 Å². The van der Waals surface area contributed by atoms with Crippen LogP contribution in [0.4, 0.5) is 0 Å². The van der Waals surface area contributed by atoms with E-state index in [2.05, 4.69) is 45.0 Å². The van der Waals surface area contributed by atoms with E-state index in [1.807, 2.05) is 6.92 Å². The molecule has 0 aromatic heterocycles. The minimum atomic E-state index is 0.0948. The van der Waals surface area contributed by atoms with Crippen molar-refractivity contribution in [2.45, 2.75) is 40.0 Å². The molecule has 0 saturated heterocycles. The Morgan fingerprint density at radius 3 is 1.94 bits per heavy atom. The van der Waals surface area contributed by atoms with Crippen molar-refractivity contribution in [2.75, 3.05) is 0 Å². The second-order valence-electron chi connectivity index (χ2n) is 5.27. The van der Waals surface area contributed by atoms with E-state index in [0.717, 1.165) is 11.1 Å². The van der Waals surface area contributed by atoms with E-state index in [-0.39, 0.29) is 11.2 Å². The molecule has 0 atom stereocenters. The van der Waals surface area contributed by atoms with Crippen molar-refractivity contribution < 1.29 is 4.79 Å². The Bertz CT molecular complexity index is 402. The summed E-state index contributed by atoms with van der Waals surface area (Å²) in [6.45, 7) is 10.1. The van der Waals surface area contributed by atoms with Gasteiger partial charge < -0.3 is 0 Å². The van der Waals surface area contributed by atoms with Crippen LogP contribution in [0.25, 0.3) is 5.57 Å². The molecule has 1 nitrogen and oxygen atoms in total. The number of carbonyl (C=O) groups excluding carboxylic acids is 1. The van der Waals surface area contributed by atoms with E-state index in [1.54, 1.807) is 13.0 Å². The second kappa shape index (κ2) is 4.65. The third-order valence-electron chi connectivity index (χ3n) is 2.63. The van der Waals surface area contributed by atoms with Gasteiger partial charge in [-0.3, -0.25) is 4.79 Å². The Labute approximate surface area is 98.2 Å². The fourth-order valence-corrected chi connectivity index (χ4v) is 1.62. The van der Waals surface area contributed by atoms with Crippen LogP contribution in [0.3, 0.4) is 0 Å². The second-order valence-corrected chi connectivity index (χ2v) is 5.27. The normalized spacial score (nSPS) is 12.7. The monoisotopic (exact) mass is 216 g/mol. The molecule has 1 aromatic rings. The molecule has 0 aliphatic rings. The molecule has 0 saturated carbocycles. The zero-order valence-electron chi connectivity index (χ0n) is 10.8. The van der Waals surface area contributed by atoms with Crippen LogP contribution in [0.15, 0.2) is 30.3 Å². The Hall–Kier alpha value is -1.37. The molecule has 1 rings (SSSR count). The number of rotatable bonds is 2. The summed E-state index contributed by atoms with van der Waals surface area (Å²) in [4.78, 5) is 11.0. The van der Waals surface area contributed by atoms with Crippen LogP contribution in [0.2, 0.25) is 0 Å². The minimum Gasteiger partial charge on any atom is -0.295 e. The van der Waals surface area contributed by atoms with Crippen LogP contribution < -0.4 is 0 Å². The standard InChI is InChI=1S/C15H20O/c1-11(10-12(2)16)13-6-8-14(9-7-13)15(3,4)5/h6-10H,1-5H3/b11-10-. The first-order valence-corrected chi connectivity index (χ1v) is 5.60. The smallest absolute Gasteiger partial charge is 0.152 e. The molecule has 86 valence electrons. The molecule has 0 aliphatic heterocycles. The van der Waals surface area contributed by atoms with Crippen molar-refractivity contribution in [2.24, 2.45) is 0 Å². The topological polar surface area (TPSA) is 17.1 Å². The maximum atomic E-state index is 11.0. The molecule has 1 heteroatoms. The van der Waals surface area contributed by atoms with Gasteiger partial charge in [-0.1, -0.05) is 45.0 Å². The zero-order chi connectivity index (χ0) is 12.3. The molecule has 0 heterocycles. The fraction of sp³-hybridized carbons (Fsp3) is 0.400. The van der Waals surface area contributed by atoms with E-state index >= 15 is 0 Å². The molecule has 1 aromatic carbocycles. The molecule has 16 heavy (non-hydrogen) atoms. The Morgan fingerprint density at radius 2 is 1.56 bits per heavy atom. The summed E-state index contributed by atoms with van der Waals surface area (Å²) in [5, 5.41) is 0. The number of hydrogen-bond donors (Lipinski definition) is 0. The van der Waals surface area contributed by atoms with Gasteiger partial charge >= 0.3 is 0 Å². The first kappa shape index (κ1) is 12.7. The molecular formula is C15H20O. The summed E-state index contributed by atoms with van der Waals surface area (Å²) < 4.78 is 0. The van der Waals surface area contributed by atoms with E-state index in [0.29, 0.717) is 0 Å². The lowest BCUT2D eigenvalue weighted by atomic mass is 9.86. The van der Waals surface area contributed by atoms with Gasteiger partial charge in [-0.05, 0) is 42.0 Å². The summed E-state index contributed by atoms with van der Waals surface area (Å²) in [5.74, 6) is 0.0948. The van der Waals surface area contributed by atoms with Crippen molar-refractivity contribution in [1.29, 1.82) is 0 Å². The number of allylic oxidation sites excluding steroid dienone is 2. The van der Waals surface area contributed by atoms with Crippen molar-refractivity contribution in [3.8, 4) is 0 Å². The summed E-state index contributed by atoms with van der Waals surface area (Å²) in [7, 11) is 0. The van der Waals surface area contributed by atoms with Crippen LogP contribution in [-0.4, -0.2) is 5.78 Å². The molecule has 0 bridgehead atoms. The van der Waals surface area contributed by atoms with Gasteiger partial charge in [-0.2, -0.15) is 0 Å². The quantitative estimate of drug-likeness (QED) is 0.683. The van der Waals surface area contributed by atoms with E-state index < -0.39 is 0 Å². The summed E-state index contributed by atoms with van der Waals surface area (Å²) in [6, 6.07) is 8.42. The molecule has 0 fully saturated rings. The Kier molecular flexibility index (Phi) is 3.69. The predicted octanol–water partition coefficient (Wildman–Crippen LogP) is 3.98. The van der Waals surface area contributed by atoms with E-state index in [4.69, 9.17) is 0 Å². The van der Waals surface area contributed by atoms with Crippen LogP contribution in [0.5, 0.6) is 0 Å². The number of hydrogen-bond acceptors (Lipinski definition) is 1. The van der Waals surface area contributed by atoms with Crippen LogP contribution in [0.1, 0.15) is 45.7 Å². The van der Waals surface area contributed by atoms with Gasteiger partial charge in [0.05, 0.1) is 0 Å². The maximum absolute atomic E-state index is 11.0.